The van der Waals surface area contributed by atoms with E-state index in [-0.39, 0.29) is 18.2 Å². The molecule has 3 rings (SSSR count). The van der Waals surface area contributed by atoms with Gasteiger partial charge >= 0.3 is 6.18 Å². The molecule has 162 valence electrons. The third-order valence-corrected chi connectivity index (χ3v) is 4.61. The van der Waals surface area contributed by atoms with E-state index in [1.54, 1.807) is 42.3 Å². The van der Waals surface area contributed by atoms with E-state index in [1.807, 2.05) is 4.90 Å². The molecule has 0 saturated carbocycles. The number of furan rings is 1. The van der Waals surface area contributed by atoms with E-state index in [0.29, 0.717) is 43.5 Å². The average Bonchev–Trinajstić information content (AvgIpc) is 3.28. The third kappa shape index (κ3) is 5.68. The number of alkyl halides is 3. The predicted octanol–water partition coefficient (Wildman–Crippen LogP) is 2.75. The molecule has 1 aliphatic rings. The Bertz CT molecular complexity index is 860. The molecule has 1 fully saturated rings. The van der Waals surface area contributed by atoms with Crippen LogP contribution in [0.15, 0.2) is 52.1 Å². The third-order valence-electron chi connectivity index (χ3n) is 4.61. The lowest BCUT2D eigenvalue weighted by atomic mass is 10.2. The number of carbonyl (C=O) groups excluding carboxylic acids is 1. The SMILES string of the molecule is CN=C(NCc1ccccc1OCC(F)(F)F)N1CCN(C(=O)c2ccco2)CC1. The lowest BCUT2D eigenvalue weighted by molar-refractivity contribution is -0.153. The highest BCUT2D eigenvalue weighted by Crippen LogP contribution is 2.22. The first-order valence-electron chi connectivity index (χ1n) is 9.43. The number of amides is 1. The van der Waals surface area contributed by atoms with Gasteiger partial charge in [0.15, 0.2) is 18.3 Å². The van der Waals surface area contributed by atoms with Crippen molar-refractivity contribution >= 4 is 11.9 Å². The van der Waals surface area contributed by atoms with Crippen molar-refractivity contribution in [3.8, 4) is 5.75 Å². The van der Waals surface area contributed by atoms with Crippen molar-refractivity contribution in [2.75, 3.05) is 39.8 Å². The van der Waals surface area contributed by atoms with Crippen molar-refractivity contribution in [2.24, 2.45) is 4.99 Å². The minimum absolute atomic E-state index is 0.154. The normalized spacial score (nSPS) is 15.3. The zero-order chi connectivity index (χ0) is 21.6. The van der Waals surface area contributed by atoms with Gasteiger partial charge in [-0.15, -0.1) is 0 Å². The molecule has 1 amide bonds. The van der Waals surface area contributed by atoms with Crippen molar-refractivity contribution in [1.29, 1.82) is 0 Å². The van der Waals surface area contributed by atoms with Crippen LogP contribution in [0.4, 0.5) is 13.2 Å². The fourth-order valence-corrected chi connectivity index (χ4v) is 3.13. The Labute approximate surface area is 172 Å². The van der Waals surface area contributed by atoms with Crippen molar-refractivity contribution in [3.63, 3.8) is 0 Å². The molecule has 0 bridgehead atoms. The summed E-state index contributed by atoms with van der Waals surface area (Å²) in [5.41, 5.74) is 0.592. The van der Waals surface area contributed by atoms with Gasteiger partial charge in [0.05, 0.1) is 6.26 Å². The highest BCUT2D eigenvalue weighted by molar-refractivity contribution is 5.91. The summed E-state index contributed by atoms with van der Waals surface area (Å²) >= 11 is 0. The van der Waals surface area contributed by atoms with Crippen LogP contribution >= 0.6 is 0 Å². The average molecular weight is 424 g/mol. The highest BCUT2D eigenvalue weighted by atomic mass is 19.4. The van der Waals surface area contributed by atoms with E-state index in [2.05, 4.69) is 10.3 Å². The molecule has 1 aliphatic heterocycles. The van der Waals surface area contributed by atoms with Crippen LogP contribution in [0.5, 0.6) is 5.75 Å². The Balaban J connectivity index is 1.54. The van der Waals surface area contributed by atoms with Gasteiger partial charge in [0, 0.05) is 45.3 Å². The number of para-hydroxylation sites is 1. The largest absolute Gasteiger partial charge is 0.484 e. The quantitative estimate of drug-likeness (QED) is 0.591. The van der Waals surface area contributed by atoms with Crippen LogP contribution in [-0.4, -0.2) is 67.7 Å². The molecule has 1 aromatic carbocycles. The van der Waals surface area contributed by atoms with Gasteiger partial charge in [-0.25, -0.2) is 0 Å². The smallest absolute Gasteiger partial charge is 0.422 e. The standard InChI is InChI=1S/C20H23F3N4O3/c1-24-19(25-13-15-5-2-3-6-16(15)30-14-20(21,22)23)27-10-8-26(9-11-27)18(28)17-7-4-12-29-17/h2-7,12H,8-11,13-14H2,1H3,(H,24,25). The summed E-state index contributed by atoms with van der Waals surface area (Å²) in [6.45, 7) is 1.06. The lowest BCUT2D eigenvalue weighted by Gasteiger charge is -2.36. The molecule has 2 heterocycles. The summed E-state index contributed by atoms with van der Waals surface area (Å²) in [6, 6.07) is 9.87. The van der Waals surface area contributed by atoms with Gasteiger partial charge in [-0.1, -0.05) is 18.2 Å². The summed E-state index contributed by atoms with van der Waals surface area (Å²) in [6.07, 6.45) is -2.94. The summed E-state index contributed by atoms with van der Waals surface area (Å²) in [5, 5.41) is 3.16. The number of guanidine groups is 1. The van der Waals surface area contributed by atoms with Crippen LogP contribution in [0.2, 0.25) is 0 Å². The number of ether oxygens (including phenoxy) is 1. The fraction of sp³-hybridized carbons (Fsp3) is 0.400. The second-order valence-electron chi connectivity index (χ2n) is 6.67. The van der Waals surface area contributed by atoms with Gasteiger partial charge in [0.1, 0.15) is 5.75 Å². The van der Waals surface area contributed by atoms with E-state index >= 15 is 0 Å². The molecule has 30 heavy (non-hydrogen) atoms. The second-order valence-corrected chi connectivity index (χ2v) is 6.67. The predicted molar refractivity (Wildman–Crippen MR) is 104 cm³/mol. The van der Waals surface area contributed by atoms with Gasteiger partial charge in [-0.3, -0.25) is 9.79 Å². The zero-order valence-electron chi connectivity index (χ0n) is 16.5. The number of carbonyl (C=O) groups is 1. The van der Waals surface area contributed by atoms with Gasteiger partial charge in [-0.05, 0) is 18.2 Å². The first-order chi connectivity index (χ1) is 14.4. The number of benzene rings is 1. The Morgan fingerprint density at radius 1 is 1.13 bits per heavy atom. The number of hydrogen-bond donors (Lipinski definition) is 1. The van der Waals surface area contributed by atoms with Gasteiger partial charge in [0.25, 0.3) is 5.91 Å². The van der Waals surface area contributed by atoms with Crippen molar-refractivity contribution in [1.82, 2.24) is 15.1 Å². The first kappa shape index (κ1) is 21.5. The van der Waals surface area contributed by atoms with Crippen LogP contribution in [0.3, 0.4) is 0 Å². The molecule has 0 unspecified atom stereocenters. The Hall–Kier alpha value is -3.17. The van der Waals surface area contributed by atoms with E-state index < -0.39 is 12.8 Å². The molecule has 1 aromatic heterocycles. The highest BCUT2D eigenvalue weighted by Gasteiger charge is 2.29. The summed E-state index contributed by atoms with van der Waals surface area (Å²) in [4.78, 5) is 20.3. The van der Waals surface area contributed by atoms with Crippen LogP contribution in [0.25, 0.3) is 0 Å². The minimum atomic E-state index is -4.40. The fourth-order valence-electron chi connectivity index (χ4n) is 3.13. The second kappa shape index (κ2) is 9.55. The summed E-state index contributed by atoms with van der Waals surface area (Å²) < 4.78 is 47.5. The number of rotatable bonds is 5. The molecule has 0 radical (unpaired) electrons. The van der Waals surface area contributed by atoms with E-state index in [9.17, 15) is 18.0 Å². The molecule has 0 aliphatic carbocycles. The van der Waals surface area contributed by atoms with E-state index in [0.717, 1.165) is 0 Å². The van der Waals surface area contributed by atoms with Crippen molar-refractivity contribution < 1.29 is 27.1 Å². The number of aliphatic imine (C=N–C) groups is 1. The Kier molecular flexibility index (Phi) is 6.86. The molecule has 7 nitrogen and oxygen atoms in total. The van der Waals surface area contributed by atoms with E-state index in [4.69, 9.17) is 9.15 Å². The van der Waals surface area contributed by atoms with Crippen molar-refractivity contribution in [2.45, 2.75) is 12.7 Å². The number of halogens is 3. The van der Waals surface area contributed by atoms with Crippen LogP contribution in [0.1, 0.15) is 16.1 Å². The van der Waals surface area contributed by atoms with Crippen LogP contribution < -0.4 is 10.1 Å². The van der Waals surface area contributed by atoms with Crippen LogP contribution in [0, 0.1) is 0 Å². The maximum atomic E-state index is 12.5. The van der Waals surface area contributed by atoms with E-state index in [1.165, 1.54) is 12.3 Å². The number of piperazine rings is 1. The molecule has 0 atom stereocenters. The lowest BCUT2D eigenvalue weighted by Crippen LogP contribution is -2.53. The monoisotopic (exact) mass is 424 g/mol. The Morgan fingerprint density at radius 2 is 1.83 bits per heavy atom. The van der Waals surface area contributed by atoms with Gasteiger partial charge in [0.2, 0.25) is 0 Å². The minimum Gasteiger partial charge on any atom is -0.484 e. The molecule has 10 heteroatoms. The zero-order valence-corrected chi connectivity index (χ0v) is 16.5. The summed E-state index contributed by atoms with van der Waals surface area (Å²) in [7, 11) is 1.63. The number of nitrogens with zero attached hydrogens (tertiary/aromatic N) is 3. The number of hydrogen-bond acceptors (Lipinski definition) is 4. The molecule has 2 aromatic rings. The maximum Gasteiger partial charge on any atom is 0.422 e. The number of nitrogens with one attached hydrogen (secondary N) is 1. The van der Waals surface area contributed by atoms with Gasteiger partial charge < -0.3 is 24.3 Å². The van der Waals surface area contributed by atoms with Gasteiger partial charge in [-0.2, -0.15) is 13.2 Å². The Morgan fingerprint density at radius 3 is 2.47 bits per heavy atom. The molecule has 0 spiro atoms. The van der Waals surface area contributed by atoms with Crippen LogP contribution in [-0.2, 0) is 6.54 Å². The molecule has 1 saturated heterocycles. The molecule has 1 N–H and O–H groups in total. The molecular weight excluding hydrogens is 401 g/mol. The van der Waals surface area contributed by atoms with Crippen molar-refractivity contribution in [3.05, 3.63) is 54.0 Å². The first-order valence-corrected chi connectivity index (χ1v) is 9.43. The topological polar surface area (TPSA) is 70.3 Å². The maximum absolute atomic E-state index is 12.5. The summed E-state index contributed by atoms with van der Waals surface area (Å²) in [5.74, 6) is 0.928. The molecular formula is C20H23F3N4O3.